The van der Waals surface area contributed by atoms with E-state index in [4.69, 9.17) is 18.9 Å². The first-order chi connectivity index (χ1) is 13.5. The van der Waals surface area contributed by atoms with E-state index >= 15 is 0 Å². The third-order valence-corrected chi connectivity index (χ3v) is 4.28. The molecule has 0 aliphatic carbocycles. The maximum absolute atomic E-state index is 12.3. The van der Waals surface area contributed by atoms with Crippen LogP contribution in [0.1, 0.15) is 29.3 Å². The molecule has 7 nitrogen and oxygen atoms in total. The lowest BCUT2D eigenvalue weighted by Crippen LogP contribution is -2.17. The van der Waals surface area contributed by atoms with Gasteiger partial charge in [-0.2, -0.15) is 5.10 Å². The van der Waals surface area contributed by atoms with Gasteiger partial charge in [-0.05, 0) is 52.2 Å². The van der Waals surface area contributed by atoms with Crippen molar-refractivity contribution in [3.8, 4) is 23.0 Å². The molecule has 0 aliphatic heterocycles. The topological polar surface area (TPSA) is 78.4 Å². The molecule has 0 unspecified atom stereocenters. The van der Waals surface area contributed by atoms with Gasteiger partial charge in [0.2, 0.25) is 0 Å². The number of carbonyl (C=O) groups excluding carboxylic acids is 1. The second kappa shape index (κ2) is 10.6. The fourth-order valence-electron chi connectivity index (χ4n) is 2.33. The standard InChI is InChI=1S/C20H23BrN2O5/c1-5-6-28-19-17(21)7-13(8-18(19)27-4)12-22-23-20(24)14-9-15(25-2)11-16(10-14)26-3/h7-12H,5-6H2,1-4H3,(H,23,24)/b22-12-. The monoisotopic (exact) mass is 450 g/mol. The minimum absolute atomic E-state index is 0.371. The summed E-state index contributed by atoms with van der Waals surface area (Å²) in [4.78, 5) is 12.3. The Morgan fingerprint density at radius 2 is 1.75 bits per heavy atom. The Hall–Kier alpha value is -2.74. The van der Waals surface area contributed by atoms with Gasteiger partial charge in [-0.25, -0.2) is 5.43 Å². The molecule has 0 heterocycles. The molecule has 0 atom stereocenters. The molecule has 0 aromatic heterocycles. The number of ether oxygens (including phenoxy) is 4. The summed E-state index contributed by atoms with van der Waals surface area (Å²) in [5.74, 6) is 1.86. The Labute approximate surface area is 172 Å². The van der Waals surface area contributed by atoms with E-state index in [1.54, 1.807) is 31.4 Å². The highest BCUT2D eigenvalue weighted by molar-refractivity contribution is 9.10. The summed E-state index contributed by atoms with van der Waals surface area (Å²) >= 11 is 3.48. The molecule has 150 valence electrons. The van der Waals surface area contributed by atoms with Crippen LogP contribution in [-0.4, -0.2) is 40.1 Å². The van der Waals surface area contributed by atoms with Gasteiger partial charge in [-0.1, -0.05) is 6.92 Å². The van der Waals surface area contributed by atoms with E-state index < -0.39 is 0 Å². The molecule has 0 spiro atoms. The average molecular weight is 451 g/mol. The molecule has 0 saturated heterocycles. The van der Waals surface area contributed by atoms with Gasteiger partial charge in [-0.3, -0.25) is 4.79 Å². The van der Waals surface area contributed by atoms with Crippen LogP contribution < -0.4 is 24.4 Å². The van der Waals surface area contributed by atoms with Crippen LogP contribution in [0.5, 0.6) is 23.0 Å². The summed E-state index contributed by atoms with van der Waals surface area (Å²) in [5, 5.41) is 4.01. The molecule has 1 amide bonds. The van der Waals surface area contributed by atoms with Crippen molar-refractivity contribution in [2.75, 3.05) is 27.9 Å². The van der Waals surface area contributed by atoms with E-state index in [9.17, 15) is 4.79 Å². The van der Waals surface area contributed by atoms with Crippen LogP contribution in [0.4, 0.5) is 0 Å². The first kappa shape index (κ1) is 21.6. The highest BCUT2D eigenvalue weighted by Crippen LogP contribution is 2.36. The molecule has 0 fully saturated rings. The van der Waals surface area contributed by atoms with Crippen molar-refractivity contribution in [3.63, 3.8) is 0 Å². The molecule has 2 rings (SSSR count). The normalized spacial score (nSPS) is 10.6. The van der Waals surface area contributed by atoms with Gasteiger partial charge in [0.15, 0.2) is 11.5 Å². The smallest absolute Gasteiger partial charge is 0.271 e. The second-order valence-corrected chi connectivity index (χ2v) is 6.54. The molecule has 0 saturated carbocycles. The predicted octanol–water partition coefficient (Wildman–Crippen LogP) is 4.03. The number of nitrogens with zero attached hydrogens (tertiary/aromatic N) is 1. The zero-order valence-electron chi connectivity index (χ0n) is 16.2. The fraction of sp³-hybridized carbons (Fsp3) is 0.300. The quantitative estimate of drug-likeness (QED) is 0.460. The third-order valence-electron chi connectivity index (χ3n) is 3.70. The minimum Gasteiger partial charge on any atom is -0.497 e. The van der Waals surface area contributed by atoms with Crippen molar-refractivity contribution >= 4 is 28.1 Å². The first-order valence-corrected chi connectivity index (χ1v) is 9.38. The van der Waals surface area contributed by atoms with Crippen LogP contribution in [0.3, 0.4) is 0 Å². The number of rotatable bonds is 9. The van der Waals surface area contributed by atoms with Crippen molar-refractivity contribution in [2.45, 2.75) is 13.3 Å². The Morgan fingerprint density at radius 1 is 1.07 bits per heavy atom. The van der Waals surface area contributed by atoms with Crippen molar-refractivity contribution in [2.24, 2.45) is 5.10 Å². The molecular formula is C20H23BrN2O5. The molecule has 0 aliphatic rings. The van der Waals surface area contributed by atoms with Crippen molar-refractivity contribution in [1.82, 2.24) is 5.43 Å². The number of halogens is 1. The van der Waals surface area contributed by atoms with Gasteiger partial charge in [-0.15, -0.1) is 0 Å². The molecular weight excluding hydrogens is 428 g/mol. The first-order valence-electron chi connectivity index (χ1n) is 8.59. The van der Waals surface area contributed by atoms with E-state index in [2.05, 4.69) is 26.5 Å². The van der Waals surface area contributed by atoms with Crippen LogP contribution in [0.25, 0.3) is 0 Å². The third kappa shape index (κ3) is 5.63. The fourth-order valence-corrected chi connectivity index (χ4v) is 2.90. The summed E-state index contributed by atoms with van der Waals surface area (Å²) < 4.78 is 22.2. The lowest BCUT2D eigenvalue weighted by molar-refractivity contribution is 0.0954. The zero-order valence-corrected chi connectivity index (χ0v) is 17.8. The summed E-state index contributed by atoms with van der Waals surface area (Å²) in [6, 6.07) is 8.50. The van der Waals surface area contributed by atoms with Crippen LogP contribution in [0, 0.1) is 0 Å². The number of nitrogens with one attached hydrogen (secondary N) is 1. The number of hydrogen-bond acceptors (Lipinski definition) is 6. The van der Waals surface area contributed by atoms with Gasteiger partial charge in [0.1, 0.15) is 11.5 Å². The lowest BCUT2D eigenvalue weighted by Gasteiger charge is -2.12. The Morgan fingerprint density at radius 3 is 2.32 bits per heavy atom. The molecule has 8 heteroatoms. The van der Waals surface area contributed by atoms with Gasteiger partial charge in [0.05, 0.1) is 38.6 Å². The number of amides is 1. The number of methoxy groups -OCH3 is 3. The zero-order chi connectivity index (χ0) is 20.5. The molecule has 0 radical (unpaired) electrons. The summed E-state index contributed by atoms with van der Waals surface area (Å²) in [6.45, 7) is 2.62. The number of benzene rings is 2. The number of hydrazone groups is 1. The van der Waals surface area contributed by atoms with Gasteiger partial charge in [0.25, 0.3) is 5.91 Å². The highest BCUT2D eigenvalue weighted by atomic mass is 79.9. The maximum Gasteiger partial charge on any atom is 0.271 e. The van der Waals surface area contributed by atoms with Gasteiger partial charge < -0.3 is 18.9 Å². The molecule has 28 heavy (non-hydrogen) atoms. The molecule has 2 aromatic carbocycles. The van der Waals surface area contributed by atoms with E-state index in [0.717, 1.165) is 16.5 Å². The Balaban J connectivity index is 2.14. The lowest BCUT2D eigenvalue weighted by atomic mass is 10.2. The van der Waals surface area contributed by atoms with Crippen LogP contribution in [-0.2, 0) is 0 Å². The van der Waals surface area contributed by atoms with Crippen molar-refractivity contribution < 1.29 is 23.7 Å². The Kier molecular flexibility index (Phi) is 8.13. The number of hydrogen-bond donors (Lipinski definition) is 1. The Bertz CT molecular complexity index is 832. The summed E-state index contributed by atoms with van der Waals surface area (Å²) in [5.41, 5.74) is 3.59. The number of carbonyl (C=O) groups is 1. The maximum atomic E-state index is 12.3. The predicted molar refractivity (Wildman–Crippen MR) is 111 cm³/mol. The molecule has 2 aromatic rings. The van der Waals surface area contributed by atoms with E-state index in [0.29, 0.717) is 35.2 Å². The van der Waals surface area contributed by atoms with E-state index in [1.807, 2.05) is 13.0 Å². The van der Waals surface area contributed by atoms with E-state index in [1.165, 1.54) is 20.4 Å². The molecule has 0 bridgehead atoms. The van der Waals surface area contributed by atoms with Crippen LogP contribution in [0.15, 0.2) is 39.9 Å². The van der Waals surface area contributed by atoms with Crippen molar-refractivity contribution in [1.29, 1.82) is 0 Å². The summed E-state index contributed by atoms with van der Waals surface area (Å²) in [7, 11) is 4.61. The average Bonchev–Trinajstić information content (AvgIpc) is 2.71. The van der Waals surface area contributed by atoms with Crippen molar-refractivity contribution in [3.05, 3.63) is 45.9 Å². The van der Waals surface area contributed by atoms with Crippen LogP contribution >= 0.6 is 15.9 Å². The van der Waals surface area contributed by atoms with Crippen LogP contribution in [0.2, 0.25) is 0 Å². The molecule has 1 N–H and O–H groups in total. The second-order valence-electron chi connectivity index (χ2n) is 5.68. The van der Waals surface area contributed by atoms with Gasteiger partial charge >= 0.3 is 0 Å². The van der Waals surface area contributed by atoms with E-state index in [-0.39, 0.29) is 5.91 Å². The largest absolute Gasteiger partial charge is 0.497 e. The minimum atomic E-state index is -0.387. The van der Waals surface area contributed by atoms with Gasteiger partial charge in [0, 0.05) is 11.6 Å². The SMILES string of the molecule is CCCOc1c(Br)cc(/C=N\NC(=O)c2cc(OC)cc(OC)c2)cc1OC. The summed E-state index contributed by atoms with van der Waals surface area (Å²) in [6.07, 6.45) is 2.41. The highest BCUT2D eigenvalue weighted by Gasteiger charge is 2.12.